The third kappa shape index (κ3) is 3.74. The summed E-state index contributed by atoms with van der Waals surface area (Å²) in [6, 6.07) is 0. The molecule has 0 heterocycles. The monoisotopic (exact) mass is 414 g/mol. The summed E-state index contributed by atoms with van der Waals surface area (Å²) in [5.74, 6) is 6.31. The fourth-order valence-corrected chi connectivity index (χ4v) is 9.30. The first-order valence-corrected chi connectivity index (χ1v) is 13.6. The molecule has 0 aromatic heterocycles. The van der Waals surface area contributed by atoms with Crippen LogP contribution in [0.25, 0.3) is 0 Å². The summed E-state index contributed by atoms with van der Waals surface area (Å²) in [7, 11) is 0. The van der Waals surface area contributed by atoms with E-state index in [4.69, 9.17) is 0 Å². The largest absolute Gasteiger partial charge is 0.393 e. The standard InChI is InChI=1S/C29H50O/c1-7-21(19(2)3)9-8-20(4)25-12-13-26-24-11-10-22-18-23(30)14-16-28(22,5)27(24)15-17-29(25,26)6/h10,19-21,23-27,30H,7-9,11-18H2,1-6H3/t20-,21+,23-,24-,25-,26-,27-,28-,29+/m0/s1. The molecule has 0 spiro atoms. The fourth-order valence-electron chi connectivity index (χ4n) is 9.30. The van der Waals surface area contributed by atoms with Crippen LogP contribution in [0.3, 0.4) is 0 Å². The predicted octanol–water partition coefficient (Wildman–Crippen LogP) is 8.02. The molecule has 0 aliphatic heterocycles. The second-order valence-corrected chi connectivity index (χ2v) is 12.9. The van der Waals surface area contributed by atoms with Crippen LogP contribution in [0.1, 0.15) is 112 Å². The lowest BCUT2D eigenvalue weighted by Gasteiger charge is -2.58. The molecule has 0 aromatic carbocycles. The van der Waals surface area contributed by atoms with Gasteiger partial charge >= 0.3 is 0 Å². The summed E-state index contributed by atoms with van der Waals surface area (Å²) < 4.78 is 0. The van der Waals surface area contributed by atoms with Crippen molar-refractivity contribution in [2.75, 3.05) is 0 Å². The molecule has 0 radical (unpaired) electrons. The predicted molar refractivity (Wildman–Crippen MR) is 128 cm³/mol. The number of allylic oxidation sites excluding steroid dienone is 1. The number of hydrogen-bond donors (Lipinski definition) is 1. The van der Waals surface area contributed by atoms with E-state index in [-0.39, 0.29) is 6.10 Å². The van der Waals surface area contributed by atoms with Crippen LogP contribution >= 0.6 is 0 Å². The van der Waals surface area contributed by atoms with Crippen molar-refractivity contribution in [1.82, 2.24) is 0 Å². The highest BCUT2D eigenvalue weighted by atomic mass is 16.3. The average Bonchev–Trinajstić information content (AvgIpc) is 3.06. The Kier molecular flexibility index (Phi) is 6.53. The van der Waals surface area contributed by atoms with Gasteiger partial charge in [-0.05, 0) is 110 Å². The molecule has 0 aromatic rings. The van der Waals surface area contributed by atoms with Crippen LogP contribution in [0.15, 0.2) is 11.6 Å². The first-order chi connectivity index (χ1) is 14.2. The summed E-state index contributed by atoms with van der Waals surface area (Å²) in [6.07, 6.45) is 17.1. The van der Waals surface area contributed by atoms with Gasteiger partial charge in [-0.3, -0.25) is 0 Å². The third-order valence-electron chi connectivity index (χ3n) is 11.3. The van der Waals surface area contributed by atoms with Crippen LogP contribution in [0.5, 0.6) is 0 Å². The van der Waals surface area contributed by atoms with Gasteiger partial charge < -0.3 is 5.11 Å². The van der Waals surface area contributed by atoms with Crippen molar-refractivity contribution in [3.8, 4) is 0 Å². The van der Waals surface area contributed by atoms with E-state index in [2.05, 4.69) is 47.6 Å². The molecule has 30 heavy (non-hydrogen) atoms. The van der Waals surface area contributed by atoms with Gasteiger partial charge in [-0.1, -0.05) is 66.0 Å². The fraction of sp³-hybridized carbons (Fsp3) is 0.931. The zero-order valence-corrected chi connectivity index (χ0v) is 20.9. The minimum absolute atomic E-state index is 0.0794. The first-order valence-electron chi connectivity index (χ1n) is 13.6. The number of hydrogen-bond acceptors (Lipinski definition) is 1. The summed E-state index contributed by atoms with van der Waals surface area (Å²) >= 11 is 0. The minimum atomic E-state index is -0.0794. The van der Waals surface area contributed by atoms with Crippen LogP contribution in [0.4, 0.5) is 0 Å². The molecule has 172 valence electrons. The van der Waals surface area contributed by atoms with E-state index in [0.29, 0.717) is 10.8 Å². The van der Waals surface area contributed by atoms with Crippen LogP contribution in [-0.4, -0.2) is 11.2 Å². The van der Waals surface area contributed by atoms with Gasteiger partial charge in [-0.25, -0.2) is 0 Å². The van der Waals surface area contributed by atoms with Gasteiger partial charge in [0.1, 0.15) is 0 Å². The molecule has 0 amide bonds. The highest BCUT2D eigenvalue weighted by Crippen LogP contribution is 2.67. The molecule has 1 N–H and O–H groups in total. The molecule has 3 fully saturated rings. The molecule has 4 rings (SSSR count). The minimum Gasteiger partial charge on any atom is -0.393 e. The van der Waals surface area contributed by atoms with Crippen LogP contribution < -0.4 is 0 Å². The molecule has 0 unspecified atom stereocenters. The van der Waals surface area contributed by atoms with Gasteiger partial charge in [-0.2, -0.15) is 0 Å². The van der Waals surface area contributed by atoms with Crippen molar-refractivity contribution in [3.05, 3.63) is 11.6 Å². The highest BCUT2D eigenvalue weighted by molar-refractivity contribution is 5.25. The van der Waals surface area contributed by atoms with Crippen molar-refractivity contribution in [2.24, 2.45) is 52.3 Å². The zero-order valence-electron chi connectivity index (χ0n) is 20.9. The Morgan fingerprint density at radius 1 is 1.00 bits per heavy atom. The second kappa shape index (κ2) is 8.57. The molecule has 4 aliphatic carbocycles. The average molecular weight is 415 g/mol. The summed E-state index contributed by atoms with van der Waals surface area (Å²) in [6.45, 7) is 15.1. The molecule has 4 aliphatic rings. The maximum Gasteiger partial charge on any atom is 0.0577 e. The lowest BCUT2D eigenvalue weighted by molar-refractivity contribution is -0.0575. The van der Waals surface area contributed by atoms with Crippen LogP contribution in [0.2, 0.25) is 0 Å². The van der Waals surface area contributed by atoms with Gasteiger partial charge in [0.25, 0.3) is 0 Å². The van der Waals surface area contributed by atoms with E-state index in [1.54, 1.807) is 5.57 Å². The van der Waals surface area contributed by atoms with Gasteiger partial charge in [0.05, 0.1) is 6.10 Å². The molecule has 1 nitrogen and oxygen atoms in total. The summed E-state index contributed by atoms with van der Waals surface area (Å²) in [5, 5.41) is 10.2. The molecule has 9 atom stereocenters. The third-order valence-corrected chi connectivity index (χ3v) is 11.3. The number of aliphatic hydroxyl groups is 1. The van der Waals surface area contributed by atoms with Crippen molar-refractivity contribution in [3.63, 3.8) is 0 Å². The normalized spacial score (nSPS) is 45.3. The quantitative estimate of drug-likeness (QED) is 0.436. The Balaban J connectivity index is 1.47. The number of fused-ring (bicyclic) bond motifs is 5. The Labute approximate surface area is 187 Å². The molecular weight excluding hydrogens is 364 g/mol. The van der Waals surface area contributed by atoms with Gasteiger partial charge in [-0.15, -0.1) is 0 Å². The maximum atomic E-state index is 10.2. The van der Waals surface area contributed by atoms with Gasteiger partial charge in [0.15, 0.2) is 0 Å². The van der Waals surface area contributed by atoms with E-state index in [1.807, 2.05) is 0 Å². The summed E-state index contributed by atoms with van der Waals surface area (Å²) in [4.78, 5) is 0. The molecule has 1 heteroatoms. The van der Waals surface area contributed by atoms with Crippen LogP contribution in [0, 0.1) is 52.3 Å². The van der Waals surface area contributed by atoms with Crippen molar-refractivity contribution in [1.29, 1.82) is 0 Å². The van der Waals surface area contributed by atoms with Crippen LogP contribution in [-0.2, 0) is 0 Å². The van der Waals surface area contributed by atoms with E-state index < -0.39 is 0 Å². The summed E-state index contributed by atoms with van der Waals surface area (Å²) in [5.41, 5.74) is 2.59. The van der Waals surface area contributed by atoms with E-state index in [1.165, 1.54) is 57.8 Å². The smallest absolute Gasteiger partial charge is 0.0577 e. The van der Waals surface area contributed by atoms with Crippen molar-refractivity contribution >= 4 is 0 Å². The Morgan fingerprint density at radius 3 is 2.47 bits per heavy atom. The first kappa shape index (κ1) is 22.9. The molecule has 3 saturated carbocycles. The van der Waals surface area contributed by atoms with E-state index >= 15 is 0 Å². The van der Waals surface area contributed by atoms with E-state index in [9.17, 15) is 5.11 Å². The molecule has 0 bridgehead atoms. The number of aliphatic hydroxyl groups excluding tert-OH is 1. The Morgan fingerprint density at radius 2 is 1.77 bits per heavy atom. The Bertz CT molecular complexity index is 634. The topological polar surface area (TPSA) is 20.2 Å². The SMILES string of the molecule is CC[C@H](CC[C@H](C)[C@@H]1CC[C@H]2[C@@H]3CC=C4C[C@@H](O)CC[C@]4(C)[C@H]3CC[C@@]21C)C(C)C. The lowest BCUT2D eigenvalue weighted by Crippen LogP contribution is -2.50. The highest BCUT2D eigenvalue weighted by Gasteiger charge is 2.59. The molecule has 0 saturated heterocycles. The molecular formula is C29H50O. The van der Waals surface area contributed by atoms with Gasteiger partial charge in [0.2, 0.25) is 0 Å². The van der Waals surface area contributed by atoms with E-state index in [0.717, 1.165) is 54.3 Å². The van der Waals surface area contributed by atoms with Crippen molar-refractivity contribution in [2.45, 2.75) is 118 Å². The van der Waals surface area contributed by atoms with Crippen molar-refractivity contribution < 1.29 is 5.11 Å². The number of rotatable bonds is 6. The maximum absolute atomic E-state index is 10.2. The Hall–Kier alpha value is -0.300. The second-order valence-electron chi connectivity index (χ2n) is 12.9. The zero-order chi connectivity index (χ0) is 21.7. The van der Waals surface area contributed by atoms with Gasteiger partial charge in [0, 0.05) is 0 Å². The lowest BCUT2D eigenvalue weighted by atomic mass is 9.47.